The van der Waals surface area contributed by atoms with Gasteiger partial charge in [-0.05, 0) is 43.5 Å². The lowest BCUT2D eigenvalue weighted by atomic mass is 10.1. The summed E-state index contributed by atoms with van der Waals surface area (Å²) < 4.78 is 5.65. The van der Waals surface area contributed by atoms with E-state index in [0.717, 1.165) is 11.1 Å². The number of nitrogens with one attached hydrogen (secondary N) is 1. The maximum Gasteiger partial charge on any atom is 0.271 e. The average molecular weight is 383 g/mol. The van der Waals surface area contributed by atoms with Gasteiger partial charge in [0.2, 0.25) is 5.91 Å². The van der Waals surface area contributed by atoms with Crippen molar-refractivity contribution in [1.82, 2.24) is 0 Å². The molecule has 8 heteroatoms. The minimum atomic E-state index is -0.734. The van der Waals surface area contributed by atoms with Crippen LogP contribution in [0.2, 0.25) is 0 Å². The fourth-order valence-corrected chi connectivity index (χ4v) is 3.05. The monoisotopic (exact) mass is 383 g/mol. The van der Waals surface area contributed by atoms with Gasteiger partial charge in [-0.2, -0.15) is 0 Å². The molecule has 2 aromatic carbocycles. The highest BCUT2D eigenvalue weighted by Crippen LogP contribution is 2.37. The van der Waals surface area contributed by atoms with Crippen LogP contribution >= 0.6 is 0 Å². The molecule has 0 fully saturated rings. The summed E-state index contributed by atoms with van der Waals surface area (Å²) in [6.45, 7) is 5.33. The first kappa shape index (κ1) is 19.3. The predicted molar refractivity (Wildman–Crippen MR) is 105 cm³/mol. The third-order valence-corrected chi connectivity index (χ3v) is 4.59. The molecule has 1 heterocycles. The standard InChI is InChI=1S/C20H21N3O5/c1-4-17-20(25)22(16-10-14(23(26)27)7-8-18(16)28-17)11-19(24)21-15-9-12(2)5-6-13(15)3/h5-10,17H,4,11H2,1-3H3,(H,21,24). The highest BCUT2D eigenvalue weighted by molar-refractivity contribution is 6.06. The molecular weight excluding hydrogens is 362 g/mol. The summed E-state index contributed by atoms with van der Waals surface area (Å²) in [5.41, 5.74) is 2.60. The zero-order chi connectivity index (χ0) is 20.4. The molecule has 146 valence electrons. The number of amides is 2. The number of carbonyl (C=O) groups excluding carboxylic acids is 2. The first-order chi connectivity index (χ1) is 13.3. The Balaban J connectivity index is 1.90. The van der Waals surface area contributed by atoms with Crippen LogP contribution in [0.3, 0.4) is 0 Å². The van der Waals surface area contributed by atoms with Crippen molar-refractivity contribution in [2.24, 2.45) is 0 Å². The van der Waals surface area contributed by atoms with E-state index in [9.17, 15) is 19.7 Å². The number of nitro benzene ring substituents is 1. The number of carbonyl (C=O) groups is 2. The summed E-state index contributed by atoms with van der Waals surface area (Å²) in [6, 6.07) is 9.72. The molecule has 2 aromatic rings. The Labute approximate surface area is 162 Å². The van der Waals surface area contributed by atoms with Crippen molar-refractivity contribution < 1.29 is 19.2 Å². The maximum absolute atomic E-state index is 12.8. The Morgan fingerprint density at radius 3 is 2.68 bits per heavy atom. The SMILES string of the molecule is CCC1Oc2ccc([N+](=O)[O-])cc2N(CC(=O)Nc2cc(C)ccc2C)C1=O. The molecule has 1 aliphatic rings. The quantitative estimate of drug-likeness (QED) is 0.630. The summed E-state index contributed by atoms with van der Waals surface area (Å²) >= 11 is 0. The van der Waals surface area contributed by atoms with Crippen molar-refractivity contribution in [1.29, 1.82) is 0 Å². The molecule has 1 N–H and O–H groups in total. The first-order valence-corrected chi connectivity index (χ1v) is 8.93. The van der Waals surface area contributed by atoms with E-state index in [1.54, 1.807) is 6.92 Å². The lowest BCUT2D eigenvalue weighted by Crippen LogP contribution is -2.48. The Kier molecular flexibility index (Phi) is 5.30. The van der Waals surface area contributed by atoms with E-state index in [4.69, 9.17) is 4.74 Å². The molecule has 0 aliphatic carbocycles. The lowest BCUT2D eigenvalue weighted by Gasteiger charge is -2.33. The molecule has 0 bridgehead atoms. The number of nitrogens with zero attached hydrogens (tertiary/aromatic N) is 2. The van der Waals surface area contributed by atoms with E-state index >= 15 is 0 Å². The normalized spacial score (nSPS) is 15.6. The maximum atomic E-state index is 12.8. The Hall–Kier alpha value is -3.42. The van der Waals surface area contributed by atoms with Crippen LogP contribution in [0.1, 0.15) is 24.5 Å². The van der Waals surface area contributed by atoms with Gasteiger partial charge in [0.1, 0.15) is 12.3 Å². The van der Waals surface area contributed by atoms with Crippen LogP contribution in [0, 0.1) is 24.0 Å². The summed E-state index contributed by atoms with van der Waals surface area (Å²) in [6.07, 6.45) is -0.313. The number of ether oxygens (including phenoxy) is 1. The largest absolute Gasteiger partial charge is 0.478 e. The first-order valence-electron chi connectivity index (χ1n) is 8.93. The second-order valence-corrected chi connectivity index (χ2v) is 6.71. The number of rotatable bonds is 5. The Bertz CT molecular complexity index is 957. The highest BCUT2D eigenvalue weighted by Gasteiger charge is 2.35. The van der Waals surface area contributed by atoms with Gasteiger partial charge in [0.25, 0.3) is 11.6 Å². The molecule has 2 amide bonds. The summed E-state index contributed by atoms with van der Waals surface area (Å²) in [5.74, 6) is -0.445. The summed E-state index contributed by atoms with van der Waals surface area (Å²) in [7, 11) is 0. The minimum absolute atomic E-state index is 0.176. The van der Waals surface area contributed by atoms with Gasteiger partial charge in [0, 0.05) is 17.8 Å². The van der Waals surface area contributed by atoms with Crippen molar-refractivity contribution in [3.8, 4) is 5.75 Å². The number of non-ortho nitro benzene ring substituents is 1. The van der Waals surface area contributed by atoms with E-state index < -0.39 is 22.8 Å². The molecule has 1 aliphatic heterocycles. The number of benzene rings is 2. The summed E-state index contributed by atoms with van der Waals surface area (Å²) in [4.78, 5) is 37.2. The molecule has 0 saturated heterocycles. The zero-order valence-corrected chi connectivity index (χ0v) is 15.9. The molecule has 3 rings (SSSR count). The Morgan fingerprint density at radius 2 is 2.00 bits per heavy atom. The van der Waals surface area contributed by atoms with Crippen LogP contribution in [-0.2, 0) is 9.59 Å². The molecule has 1 atom stereocenters. The van der Waals surface area contributed by atoms with E-state index in [-0.39, 0.29) is 17.9 Å². The molecule has 0 aromatic heterocycles. The zero-order valence-electron chi connectivity index (χ0n) is 15.9. The fraction of sp³-hybridized carbons (Fsp3) is 0.300. The molecule has 0 spiro atoms. The molecule has 28 heavy (non-hydrogen) atoms. The van der Waals surface area contributed by atoms with Crippen molar-refractivity contribution in [2.45, 2.75) is 33.3 Å². The molecule has 0 saturated carbocycles. The number of fused-ring (bicyclic) bond motifs is 1. The van der Waals surface area contributed by atoms with Crippen molar-refractivity contribution in [3.63, 3.8) is 0 Å². The van der Waals surface area contributed by atoms with Crippen molar-refractivity contribution in [3.05, 3.63) is 57.6 Å². The number of nitro groups is 1. The topological polar surface area (TPSA) is 102 Å². The van der Waals surface area contributed by atoms with Crippen LogP contribution in [0.4, 0.5) is 17.1 Å². The second-order valence-electron chi connectivity index (χ2n) is 6.71. The third kappa shape index (κ3) is 3.80. The predicted octanol–water partition coefficient (Wildman–Crippen LogP) is 3.35. The van der Waals surface area contributed by atoms with Gasteiger partial charge in [0.15, 0.2) is 6.10 Å². The number of anilines is 2. The number of hydrogen-bond donors (Lipinski definition) is 1. The van der Waals surface area contributed by atoms with Gasteiger partial charge in [-0.1, -0.05) is 19.1 Å². The van der Waals surface area contributed by atoms with E-state index in [1.165, 1.54) is 23.1 Å². The van der Waals surface area contributed by atoms with Gasteiger partial charge in [0.05, 0.1) is 10.6 Å². The fourth-order valence-electron chi connectivity index (χ4n) is 3.05. The van der Waals surface area contributed by atoms with Crippen LogP contribution < -0.4 is 15.0 Å². The smallest absolute Gasteiger partial charge is 0.271 e. The number of hydrogen-bond acceptors (Lipinski definition) is 5. The van der Waals surface area contributed by atoms with Crippen LogP contribution in [0.5, 0.6) is 5.75 Å². The lowest BCUT2D eigenvalue weighted by molar-refractivity contribution is -0.384. The Morgan fingerprint density at radius 1 is 1.25 bits per heavy atom. The van der Waals surface area contributed by atoms with E-state index in [2.05, 4.69) is 5.32 Å². The van der Waals surface area contributed by atoms with Crippen molar-refractivity contribution in [2.75, 3.05) is 16.8 Å². The van der Waals surface area contributed by atoms with Crippen LogP contribution in [0.15, 0.2) is 36.4 Å². The summed E-state index contributed by atoms with van der Waals surface area (Å²) in [5, 5.41) is 13.9. The second kappa shape index (κ2) is 7.67. The minimum Gasteiger partial charge on any atom is -0.478 e. The van der Waals surface area contributed by atoms with Gasteiger partial charge in [-0.15, -0.1) is 0 Å². The highest BCUT2D eigenvalue weighted by atomic mass is 16.6. The van der Waals surface area contributed by atoms with Gasteiger partial charge in [-0.25, -0.2) is 0 Å². The van der Waals surface area contributed by atoms with Gasteiger partial charge >= 0.3 is 0 Å². The van der Waals surface area contributed by atoms with Crippen LogP contribution in [0.25, 0.3) is 0 Å². The average Bonchev–Trinajstić information content (AvgIpc) is 2.66. The molecule has 8 nitrogen and oxygen atoms in total. The van der Waals surface area contributed by atoms with E-state index in [0.29, 0.717) is 17.9 Å². The molecular formula is C20H21N3O5. The van der Waals surface area contributed by atoms with Gasteiger partial charge in [-0.3, -0.25) is 24.6 Å². The third-order valence-electron chi connectivity index (χ3n) is 4.59. The van der Waals surface area contributed by atoms with Crippen LogP contribution in [-0.4, -0.2) is 29.4 Å². The number of aryl methyl sites for hydroxylation is 2. The van der Waals surface area contributed by atoms with Crippen molar-refractivity contribution >= 4 is 28.9 Å². The van der Waals surface area contributed by atoms with Gasteiger partial charge < -0.3 is 10.1 Å². The van der Waals surface area contributed by atoms with E-state index in [1.807, 2.05) is 32.0 Å². The molecule has 1 unspecified atom stereocenters. The molecule has 0 radical (unpaired) electrons.